The van der Waals surface area contributed by atoms with Crippen molar-refractivity contribution in [3.63, 3.8) is 0 Å². The second-order valence-corrected chi connectivity index (χ2v) is 6.22. The Morgan fingerprint density at radius 3 is 2.67 bits per heavy atom. The maximum absolute atomic E-state index is 14.1. The minimum Gasteiger partial charge on any atom is -0.225 e. The molecule has 3 rings (SSSR count). The minimum absolute atomic E-state index is 0.188. The average Bonchev–Trinajstić information content (AvgIpc) is 2.43. The number of benzene rings is 2. The van der Waals surface area contributed by atoms with E-state index in [2.05, 4.69) is 25.9 Å². The summed E-state index contributed by atoms with van der Waals surface area (Å²) in [4.78, 5) is 8.56. The van der Waals surface area contributed by atoms with E-state index >= 15 is 0 Å². The predicted molar refractivity (Wildman–Crippen MR) is 87.4 cm³/mol. The van der Waals surface area contributed by atoms with Crippen molar-refractivity contribution in [1.82, 2.24) is 9.97 Å². The molecular weight excluding hydrogens is 378 g/mol. The molecule has 1 aromatic heterocycles. The Kier molecular flexibility index (Phi) is 3.86. The fourth-order valence-corrected chi connectivity index (χ4v) is 2.92. The molecule has 0 N–H and O–H groups in total. The minimum atomic E-state index is -0.454. The lowest BCUT2D eigenvalue weighted by atomic mass is 10.1. The highest BCUT2D eigenvalue weighted by Crippen LogP contribution is 2.31. The number of fused-ring (bicyclic) bond motifs is 1. The molecule has 0 radical (unpaired) electrons. The van der Waals surface area contributed by atoms with Crippen LogP contribution in [0.1, 0.15) is 5.56 Å². The Morgan fingerprint density at radius 1 is 1.14 bits per heavy atom. The molecule has 0 aliphatic heterocycles. The van der Waals surface area contributed by atoms with E-state index in [1.165, 1.54) is 6.07 Å². The molecule has 0 amide bonds. The zero-order valence-electron chi connectivity index (χ0n) is 10.8. The van der Waals surface area contributed by atoms with Crippen LogP contribution in [0.4, 0.5) is 4.39 Å². The van der Waals surface area contributed by atoms with Gasteiger partial charge in [0.05, 0.1) is 0 Å². The van der Waals surface area contributed by atoms with Gasteiger partial charge in [0.15, 0.2) is 11.6 Å². The van der Waals surface area contributed by atoms with Gasteiger partial charge in [-0.05, 0) is 30.7 Å². The maximum atomic E-state index is 14.1. The fraction of sp³-hybridized carbons (Fsp3) is 0.0667. The van der Waals surface area contributed by atoms with Crippen molar-refractivity contribution in [3.05, 3.63) is 56.4 Å². The molecule has 0 saturated carbocycles. The molecule has 0 aliphatic carbocycles. The van der Waals surface area contributed by atoms with Crippen molar-refractivity contribution < 1.29 is 4.39 Å². The summed E-state index contributed by atoms with van der Waals surface area (Å²) in [5.41, 5.74) is 1.74. The zero-order chi connectivity index (χ0) is 15.1. The van der Waals surface area contributed by atoms with Gasteiger partial charge in [0.25, 0.3) is 0 Å². The summed E-state index contributed by atoms with van der Waals surface area (Å²) in [6.45, 7) is 1.86. The molecule has 0 aliphatic rings. The van der Waals surface area contributed by atoms with E-state index in [1.807, 2.05) is 13.0 Å². The van der Waals surface area contributed by atoms with E-state index in [0.29, 0.717) is 20.7 Å². The fourth-order valence-electron chi connectivity index (χ4n) is 2.09. The largest absolute Gasteiger partial charge is 0.225 e. The molecule has 0 unspecified atom stereocenters. The first kappa shape index (κ1) is 14.7. The Labute approximate surface area is 139 Å². The van der Waals surface area contributed by atoms with Crippen LogP contribution in [0.25, 0.3) is 22.3 Å². The normalized spacial score (nSPS) is 11.1. The monoisotopic (exact) mass is 384 g/mol. The number of hydrogen-bond donors (Lipinski definition) is 0. The molecule has 6 heteroatoms. The molecule has 2 aromatic carbocycles. The lowest BCUT2D eigenvalue weighted by molar-refractivity contribution is 0.636. The highest BCUT2D eigenvalue weighted by atomic mass is 79.9. The molecule has 2 nitrogen and oxygen atoms in total. The first-order valence-electron chi connectivity index (χ1n) is 6.05. The highest BCUT2D eigenvalue weighted by Gasteiger charge is 2.14. The van der Waals surface area contributed by atoms with Crippen LogP contribution < -0.4 is 0 Å². The van der Waals surface area contributed by atoms with Gasteiger partial charge >= 0.3 is 0 Å². The van der Waals surface area contributed by atoms with E-state index in [-0.39, 0.29) is 10.7 Å². The van der Waals surface area contributed by atoms with Gasteiger partial charge in [-0.3, -0.25) is 0 Å². The Balaban J connectivity index is 2.33. The van der Waals surface area contributed by atoms with Gasteiger partial charge in [0.1, 0.15) is 10.7 Å². The molecule has 0 saturated heterocycles. The van der Waals surface area contributed by atoms with Gasteiger partial charge < -0.3 is 0 Å². The first-order chi connectivity index (χ1) is 9.97. The van der Waals surface area contributed by atoms with E-state index in [9.17, 15) is 4.39 Å². The summed E-state index contributed by atoms with van der Waals surface area (Å²) in [5.74, 6) is -0.0988. The number of rotatable bonds is 1. The number of hydrogen-bond acceptors (Lipinski definition) is 2. The van der Waals surface area contributed by atoms with Gasteiger partial charge in [0.2, 0.25) is 0 Å². The second-order valence-electron chi connectivity index (χ2n) is 4.53. The van der Waals surface area contributed by atoms with Crippen molar-refractivity contribution in [1.29, 1.82) is 0 Å². The summed E-state index contributed by atoms with van der Waals surface area (Å²) < 4.78 is 14.7. The number of aromatic nitrogens is 2. The van der Waals surface area contributed by atoms with Crippen LogP contribution in [0.2, 0.25) is 10.2 Å². The maximum Gasteiger partial charge on any atom is 0.161 e. The average molecular weight is 386 g/mol. The lowest BCUT2D eigenvalue weighted by Crippen LogP contribution is -1.96. The Bertz CT molecular complexity index is 868. The van der Waals surface area contributed by atoms with Crippen LogP contribution >= 0.6 is 39.1 Å². The molecule has 1 heterocycles. The third kappa shape index (κ3) is 2.63. The van der Waals surface area contributed by atoms with Gasteiger partial charge in [0, 0.05) is 20.4 Å². The standard InChI is InChI=1S/C15H8BrCl2FN2/c1-7-9(3-2-4-11(7)17)15-20-13-10(14(18)21-15)5-8(16)6-12(13)19/h2-6H,1H3. The topological polar surface area (TPSA) is 25.8 Å². The predicted octanol–water partition coefficient (Wildman–Crippen LogP) is 5.81. The van der Waals surface area contributed by atoms with E-state index in [4.69, 9.17) is 23.2 Å². The van der Waals surface area contributed by atoms with Crippen molar-refractivity contribution in [2.24, 2.45) is 0 Å². The van der Waals surface area contributed by atoms with Gasteiger partial charge in [-0.2, -0.15) is 0 Å². The summed E-state index contributed by atoms with van der Waals surface area (Å²) in [6.07, 6.45) is 0. The van der Waals surface area contributed by atoms with Gasteiger partial charge in [-0.15, -0.1) is 0 Å². The van der Waals surface area contributed by atoms with Crippen molar-refractivity contribution >= 4 is 50.0 Å². The van der Waals surface area contributed by atoms with Crippen LogP contribution in [0, 0.1) is 12.7 Å². The summed E-state index contributed by atoms with van der Waals surface area (Å²) in [7, 11) is 0. The quantitative estimate of drug-likeness (QED) is 0.493. The first-order valence-corrected chi connectivity index (χ1v) is 7.60. The van der Waals surface area contributed by atoms with Gasteiger partial charge in [-0.25, -0.2) is 14.4 Å². The Morgan fingerprint density at radius 2 is 1.90 bits per heavy atom. The third-order valence-corrected chi connectivity index (χ3v) is 4.34. The second kappa shape index (κ2) is 5.52. The third-order valence-electron chi connectivity index (χ3n) is 3.18. The summed E-state index contributed by atoms with van der Waals surface area (Å²) in [5, 5.41) is 1.27. The van der Waals surface area contributed by atoms with Crippen LogP contribution in [-0.2, 0) is 0 Å². The molecule has 0 bridgehead atoms. The summed E-state index contributed by atoms with van der Waals surface area (Å²) >= 11 is 15.5. The van der Waals surface area contributed by atoms with E-state index < -0.39 is 5.82 Å². The van der Waals surface area contributed by atoms with Crippen molar-refractivity contribution in [3.8, 4) is 11.4 Å². The lowest BCUT2D eigenvalue weighted by Gasteiger charge is -2.09. The van der Waals surface area contributed by atoms with E-state index in [0.717, 1.165) is 11.1 Å². The molecule has 0 atom stereocenters. The van der Waals surface area contributed by atoms with Crippen LogP contribution in [0.3, 0.4) is 0 Å². The molecule has 3 aromatic rings. The zero-order valence-corrected chi connectivity index (χ0v) is 13.9. The molecule has 21 heavy (non-hydrogen) atoms. The molecule has 0 fully saturated rings. The molecular formula is C15H8BrCl2FN2. The van der Waals surface area contributed by atoms with Crippen LogP contribution in [0.15, 0.2) is 34.8 Å². The Hall–Kier alpha value is -1.23. The summed E-state index contributed by atoms with van der Waals surface area (Å²) in [6, 6.07) is 8.44. The number of halogens is 4. The van der Waals surface area contributed by atoms with Crippen molar-refractivity contribution in [2.45, 2.75) is 6.92 Å². The SMILES string of the molecule is Cc1c(Cl)cccc1-c1nc(Cl)c2cc(Br)cc(F)c2n1. The molecule has 0 spiro atoms. The van der Waals surface area contributed by atoms with Gasteiger partial charge in [-0.1, -0.05) is 51.3 Å². The highest BCUT2D eigenvalue weighted by molar-refractivity contribution is 9.10. The number of nitrogens with zero attached hydrogens (tertiary/aromatic N) is 2. The van der Waals surface area contributed by atoms with Crippen LogP contribution in [-0.4, -0.2) is 9.97 Å². The van der Waals surface area contributed by atoms with Crippen molar-refractivity contribution in [2.75, 3.05) is 0 Å². The van der Waals surface area contributed by atoms with Crippen LogP contribution in [0.5, 0.6) is 0 Å². The van der Waals surface area contributed by atoms with E-state index in [1.54, 1.807) is 18.2 Å². The molecule has 106 valence electrons. The smallest absolute Gasteiger partial charge is 0.161 e.